The molecule has 0 spiro atoms. The van der Waals surface area contributed by atoms with Gasteiger partial charge in [0, 0.05) is 12.6 Å². The molecule has 1 aliphatic heterocycles. The standard InChI is InChI=1S/C15H23NO3S/c1-4-5-8-20(17,18)16-11-12(2)9-13-6-7-14(19-3)10-15(13)16/h6-7,10,12H,4-5,8-9,11H2,1-3H3. The minimum absolute atomic E-state index is 0.215. The van der Waals surface area contributed by atoms with Gasteiger partial charge < -0.3 is 4.74 Å². The highest BCUT2D eigenvalue weighted by atomic mass is 32.2. The number of hydrogen-bond acceptors (Lipinski definition) is 3. The summed E-state index contributed by atoms with van der Waals surface area (Å²) < 4.78 is 31.9. The van der Waals surface area contributed by atoms with Crippen LogP contribution in [0.5, 0.6) is 5.75 Å². The van der Waals surface area contributed by atoms with E-state index in [2.05, 4.69) is 6.92 Å². The van der Waals surface area contributed by atoms with Crippen molar-refractivity contribution in [3.05, 3.63) is 23.8 Å². The summed E-state index contributed by atoms with van der Waals surface area (Å²) in [5, 5.41) is 0. The van der Waals surface area contributed by atoms with E-state index in [1.54, 1.807) is 11.4 Å². The van der Waals surface area contributed by atoms with E-state index in [9.17, 15) is 8.42 Å². The maximum atomic E-state index is 12.5. The van der Waals surface area contributed by atoms with Crippen molar-refractivity contribution in [2.75, 3.05) is 23.7 Å². The van der Waals surface area contributed by atoms with Gasteiger partial charge in [-0.05, 0) is 30.4 Å². The third-order valence-corrected chi connectivity index (χ3v) is 5.52. The first kappa shape index (κ1) is 15.2. The largest absolute Gasteiger partial charge is 0.497 e. The SMILES string of the molecule is CCCCS(=O)(=O)N1CC(C)Cc2ccc(OC)cc21. The molecule has 0 radical (unpaired) electrons. The number of unbranched alkanes of at least 4 members (excludes halogenated alkanes) is 1. The van der Waals surface area contributed by atoms with E-state index < -0.39 is 10.0 Å². The molecule has 1 aromatic carbocycles. The molecular formula is C15H23NO3S. The third kappa shape index (κ3) is 3.08. The zero-order valence-electron chi connectivity index (χ0n) is 12.4. The number of rotatable bonds is 5. The molecule has 0 bridgehead atoms. The molecular weight excluding hydrogens is 274 g/mol. The Morgan fingerprint density at radius 2 is 2.15 bits per heavy atom. The molecule has 1 aliphatic rings. The quantitative estimate of drug-likeness (QED) is 0.839. The summed E-state index contributed by atoms with van der Waals surface area (Å²) >= 11 is 0. The monoisotopic (exact) mass is 297 g/mol. The number of benzene rings is 1. The maximum Gasteiger partial charge on any atom is 0.235 e. The van der Waals surface area contributed by atoms with Crippen LogP contribution in [0.1, 0.15) is 32.3 Å². The zero-order valence-corrected chi connectivity index (χ0v) is 13.2. The summed E-state index contributed by atoms with van der Waals surface area (Å²) in [7, 11) is -1.64. The second-order valence-corrected chi connectivity index (χ2v) is 7.52. The Kier molecular flexibility index (Phi) is 4.58. The first-order chi connectivity index (χ1) is 9.47. The molecule has 0 aromatic heterocycles. The van der Waals surface area contributed by atoms with Crippen molar-refractivity contribution in [3.63, 3.8) is 0 Å². The van der Waals surface area contributed by atoms with E-state index in [4.69, 9.17) is 4.74 Å². The van der Waals surface area contributed by atoms with Crippen LogP contribution in [0.25, 0.3) is 0 Å². The van der Waals surface area contributed by atoms with E-state index >= 15 is 0 Å². The second kappa shape index (κ2) is 6.04. The molecule has 5 heteroatoms. The average molecular weight is 297 g/mol. The fourth-order valence-electron chi connectivity index (χ4n) is 2.60. The highest BCUT2D eigenvalue weighted by molar-refractivity contribution is 7.92. The van der Waals surface area contributed by atoms with Gasteiger partial charge in [0.25, 0.3) is 0 Å². The van der Waals surface area contributed by atoms with Crippen LogP contribution < -0.4 is 9.04 Å². The minimum Gasteiger partial charge on any atom is -0.497 e. The molecule has 0 saturated heterocycles. The van der Waals surface area contributed by atoms with Gasteiger partial charge in [-0.3, -0.25) is 4.31 Å². The lowest BCUT2D eigenvalue weighted by Crippen LogP contribution is -2.40. The number of hydrogen-bond donors (Lipinski definition) is 0. The zero-order chi connectivity index (χ0) is 14.8. The van der Waals surface area contributed by atoms with Crippen molar-refractivity contribution in [3.8, 4) is 5.75 Å². The predicted octanol–water partition coefficient (Wildman–Crippen LogP) is 2.82. The van der Waals surface area contributed by atoms with Crippen molar-refractivity contribution in [1.82, 2.24) is 0 Å². The summed E-state index contributed by atoms with van der Waals surface area (Å²) in [6.07, 6.45) is 2.50. The fraction of sp³-hybridized carbons (Fsp3) is 0.600. The van der Waals surface area contributed by atoms with Crippen molar-refractivity contribution in [2.45, 2.75) is 33.1 Å². The summed E-state index contributed by atoms with van der Waals surface area (Å²) in [6.45, 7) is 4.66. The number of ether oxygens (including phenoxy) is 1. The van der Waals surface area contributed by atoms with Crippen LogP contribution in [0, 0.1) is 5.92 Å². The Hall–Kier alpha value is -1.23. The summed E-state index contributed by atoms with van der Waals surface area (Å²) in [6, 6.07) is 5.71. The van der Waals surface area contributed by atoms with E-state index in [-0.39, 0.29) is 5.75 Å². The summed E-state index contributed by atoms with van der Waals surface area (Å²) in [5.74, 6) is 1.26. The van der Waals surface area contributed by atoms with Crippen LogP contribution in [0.3, 0.4) is 0 Å². The highest BCUT2D eigenvalue weighted by Crippen LogP contribution is 2.34. The minimum atomic E-state index is -3.24. The van der Waals surface area contributed by atoms with E-state index in [0.717, 1.165) is 24.1 Å². The van der Waals surface area contributed by atoms with Crippen LogP contribution in [0.15, 0.2) is 18.2 Å². The lowest BCUT2D eigenvalue weighted by molar-refractivity contribution is 0.414. The second-order valence-electron chi connectivity index (χ2n) is 5.50. The van der Waals surface area contributed by atoms with Gasteiger partial charge in [0.2, 0.25) is 10.0 Å². The Labute approximate surface area is 121 Å². The maximum absolute atomic E-state index is 12.5. The molecule has 1 atom stereocenters. The van der Waals surface area contributed by atoms with E-state index in [0.29, 0.717) is 24.6 Å². The van der Waals surface area contributed by atoms with Crippen LogP contribution >= 0.6 is 0 Å². The van der Waals surface area contributed by atoms with Gasteiger partial charge in [-0.2, -0.15) is 0 Å². The van der Waals surface area contributed by atoms with Gasteiger partial charge in [-0.25, -0.2) is 8.42 Å². The van der Waals surface area contributed by atoms with Crippen LogP contribution in [-0.2, 0) is 16.4 Å². The molecule has 1 heterocycles. The van der Waals surface area contributed by atoms with Gasteiger partial charge in [0.1, 0.15) is 5.75 Å². The number of methoxy groups -OCH3 is 1. The van der Waals surface area contributed by atoms with Crippen LogP contribution in [-0.4, -0.2) is 27.8 Å². The van der Waals surface area contributed by atoms with Crippen molar-refractivity contribution in [2.24, 2.45) is 5.92 Å². The Bertz CT molecular complexity index is 568. The van der Waals surface area contributed by atoms with Crippen LogP contribution in [0.4, 0.5) is 5.69 Å². The fourth-order valence-corrected chi connectivity index (χ4v) is 4.42. The van der Waals surface area contributed by atoms with Crippen LogP contribution in [0.2, 0.25) is 0 Å². The third-order valence-electron chi connectivity index (χ3n) is 3.70. The molecule has 0 saturated carbocycles. The molecule has 0 N–H and O–H groups in total. The lowest BCUT2D eigenvalue weighted by Gasteiger charge is -2.34. The molecule has 0 aliphatic carbocycles. The molecule has 0 amide bonds. The Balaban J connectivity index is 2.40. The normalized spacial score (nSPS) is 18.8. The molecule has 1 aromatic rings. The topological polar surface area (TPSA) is 46.6 Å². The molecule has 20 heavy (non-hydrogen) atoms. The van der Waals surface area contributed by atoms with Gasteiger partial charge in [0.15, 0.2) is 0 Å². The lowest BCUT2D eigenvalue weighted by atomic mass is 9.95. The molecule has 112 valence electrons. The van der Waals surface area contributed by atoms with Gasteiger partial charge in [-0.1, -0.05) is 26.3 Å². The van der Waals surface area contributed by atoms with Crippen molar-refractivity contribution >= 4 is 15.7 Å². The van der Waals surface area contributed by atoms with Gasteiger partial charge in [-0.15, -0.1) is 0 Å². The Morgan fingerprint density at radius 1 is 1.40 bits per heavy atom. The first-order valence-corrected chi connectivity index (χ1v) is 8.76. The Morgan fingerprint density at radius 3 is 2.80 bits per heavy atom. The molecule has 2 rings (SSSR count). The number of fused-ring (bicyclic) bond motifs is 1. The summed E-state index contributed by atoms with van der Waals surface area (Å²) in [4.78, 5) is 0. The average Bonchev–Trinajstić information content (AvgIpc) is 2.43. The smallest absolute Gasteiger partial charge is 0.235 e. The molecule has 4 nitrogen and oxygen atoms in total. The van der Waals surface area contributed by atoms with Gasteiger partial charge in [0.05, 0.1) is 18.6 Å². The molecule has 1 unspecified atom stereocenters. The van der Waals surface area contributed by atoms with E-state index in [1.165, 1.54) is 0 Å². The highest BCUT2D eigenvalue weighted by Gasteiger charge is 2.30. The van der Waals surface area contributed by atoms with Crippen molar-refractivity contribution in [1.29, 1.82) is 0 Å². The van der Waals surface area contributed by atoms with Gasteiger partial charge >= 0.3 is 0 Å². The summed E-state index contributed by atoms with van der Waals surface area (Å²) in [5.41, 5.74) is 1.88. The number of anilines is 1. The number of sulfonamides is 1. The van der Waals surface area contributed by atoms with E-state index in [1.807, 2.05) is 25.1 Å². The van der Waals surface area contributed by atoms with Crippen molar-refractivity contribution < 1.29 is 13.2 Å². The first-order valence-electron chi connectivity index (χ1n) is 7.15. The predicted molar refractivity (Wildman–Crippen MR) is 81.9 cm³/mol. The number of nitrogens with zero attached hydrogens (tertiary/aromatic N) is 1. The molecule has 0 fully saturated rings.